The molecule has 0 rings (SSSR count). The lowest BCUT2D eigenvalue weighted by Gasteiger charge is -2.18. The number of hydrogen-bond acceptors (Lipinski definition) is 6. The molecule has 0 spiro atoms. The van der Waals surface area contributed by atoms with Crippen LogP contribution in [-0.2, 0) is 28.6 Å². The van der Waals surface area contributed by atoms with Crippen LogP contribution < -0.4 is 0 Å². The molecule has 0 fully saturated rings. The van der Waals surface area contributed by atoms with Crippen LogP contribution in [0.15, 0.2) is 0 Å². The van der Waals surface area contributed by atoms with Gasteiger partial charge in [-0.25, -0.2) is 0 Å². The van der Waals surface area contributed by atoms with Gasteiger partial charge in [-0.1, -0.05) is 279 Å². The molecule has 0 radical (unpaired) electrons. The second kappa shape index (κ2) is 49.8. The molecule has 0 unspecified atom stereocenters. The monoisotopic (exact) mass is 891 g/mol. The van der Waals surface area contributed by atoms with Crippen LogP contribution in [0.1, 0.15) is 317 Å². The first-order chi connectivity index (χ1) is 30.7. The van der Waals surface area contributed by atoms with Gasteiger partial charge in [0.2, 0.25) is 0 Å². The molecule has 0 aromatic heterocycles. The fourth-order valence-electron chi connectivity index (χ4n) is 8.70. The van der Waals surface area contributed by atoms with Crippen LogP contribution >= 0.6 is 0 Å². The summed E-state index contributed by atoms with van der Waals surface area (Å²) in [5.41, 5.74) is 0. The van der Waals surface area contributed by atoms with E-state index in [4.69, 9.17) is 14.2 Å². The molecule has 6 nitrogen and oxygen atoms in total. The molecule has 0 saturated carbocycles. The minimum absolute atomic E-state index is 0.0630. The van der Waals surface area contributed by atoms with Gasteiger partial charge in [0.05, 0.1) is 0 Å². The Morgan fingerprint density at radius 1 is 0.302 bits per heavy atom. The van der Waals surface area contributed by atoms with E-state index in [1.807, 2.05) is 0 Å². The van der Waals surface area contributed by atoms with Crippen molar-refractivity contribution in [2.24, 2.45) is 11.8 Å². The summed E-state index contributed by atoms with van der Waals surface area (Å²) in [6.45, 7) is 11.4. The Morgan fingerprint density at radius 3 is 0.778 bits per heavy atom. The average molecular weight is 892 g/mol. The van der Waals surface area contributed by atoms with Gasteiger partial charge in [0.1, 0.15) is 13.2 Å². The van der Waals surface area contributed by atoms with Crippen LogP contribution in [0.3, 0.4) is 0 Å². The largest absolute Gasteiger partial charge is 0.462 e. The molecule has 63 heavy (non-hydrogen) atoms. The third kappa shape index (κ3) is 51.3. The summed E-state index contributed by atoms with van der Waals surface area (Å²) < 4.78 is 16.9. The molecule has 0 bridgehead atoms. The Morgan fingerprint density at radius 2 is 0.524 bits per heavy atom. The molecule has 0 aliphatic heterocycles. The van der Waals surface area contributed by atoms with Gasteiger partial charge in [-0.3, -0.25) is 14.4 Å². The van der Waals surface area contributed by atoms with E-state index in [0.717, 1.165) is 69.6 Å². The molecule has 0 aromatic rings. The fourth-order valence-corrected chi connectivity index (χ4v) is 8.70. The molecule has 1 atom stereocenters. The van der Waals surface area contributed by atoms with Crippen molar-refractivity contribution in [3.05, 3.63) is 0 Å². The predicted octanol–water partition coefficient (Wildman–Crippen LogP) is 18.5. The highest BCUT2D eigenvalue weighted by molar-refractivity contribution is 5.71. The van der Waals surface area contributed by atoms with E-state index < -0.39 is 6.10 Å². The van der Waals surface area contributed by atoms with Gasteiger partial charge < -0.3 is 14.2 Å². The van der Waals surface area contributed by atoms with Gasteiger partial charge in [0, 0.05) is 19.3 Å². The van der Waals surface area contributed by atoms with Gasteiger partial charge >= 0.3 is 17.9 Å². The summed E-state index contributed by atoms with van der Waals surface area (Å²) in [7, 11) is 0. The fraction of sp³-hybridized carbons (Fsp3) is 0.947. The lowest BCUT2D eigenvalue weighted by Crippen LogP contribution is -2.30. The maximum absolute atomic E-state index is 12.8. The highest BCUT2D eigenvalue weighted by Gasteiger charge is 2.19. The number of ether oxygens (including phenoxy) is 3. The molecule has 0 heterocycles. The number of hydrogen-bond donors (Lipinski definition) is 0. The maximum Gasteiger partial charge on any atom is 0.306 e. The first-order valence-corrected chi connectivity index (χ1v) is 28.2. The minimum atomic E-state index is -0.762. The lowest BCUT2D eigenvalue weighted by molar-refractivity contribution is -0.167. The van der Waals surface area contributed by atoms with Crippen LogP contribution in [0.4, 0.5) is 0 Å². The van der Waals surface area contributed by atoms with Crippen LogP contribution in [0.25, 0.3) is 0 Å². The zero-order chi connectivity index (χ0) is 46.1. The lowest BCUT2D eigenvalue weighted by atomic mass is 10.0. The Balaban J connectivity index is 4.29. The summed E-state index contributed by atoms with van der Waals surface area (Å²) in [5.74, 6) is 0.820. The Hall–Kier alpha value is -1.59. The SMILES string of the molecule is CCCCCCCCCCCCCCCCCC(=O)OC[C@@H](COC(=O)CCCCCCCCCCCCCCCCC(C)C)OC(=O)CCCCCCCCCCCCC(C)C. The summed E-state index contributed by atoms with van der Waals surface area (Å²) in [6.07, 6.45) is 52.3. The number of unbranched alkanes of at least 4 members (excludes halogenated alkanes) is 36. The highest BCUT2D eigenvalue weighted by Crippen LogP contribution is 2.18. The minimum Gasteiger partial charge on any atom is -0.462 e. The van der Waals surface area contributed by atoms with Crippen LogP contribution in [0, 0.1) is 11.8 Å². The topological polar surface area (TPSA) is 78.9 Å². The van der Waals surface area contributed by atoms with E-state index in [1.165, 1.54) is 205 Å². The Bertz CT molecular complexity index is 962. The summed E-state index contributed by atoms with van der Waals surface area (Å²) in [6, 6.07) is 0. The van der Waals surface area contributed by atoms with Crippen LogP contribution in [0.5, 0.6) is 0 Å². The normalized spacial score (nSPS) is 12.0. The second-order valence-corrected chi connectivity index (χ2v) is 20.5. The molecule has 374 valence electrons. The molecule has 0 aromatic carbocycles. The zero-order valence-electron chi connectivity index (χ0n) is 43.2. The van der Waals surface area contributed by atoms with E-state index in [2.05, 4.69) is 34.6 Å². The third-order valence-electron chi connectivity index (χ3n) is 13.0. The van der Waals surface area contributed by atoms with Crippen molar-refractivity contribution in [3.63, 3.8) is 0 Å². The molecular formula is C57H110O6. The van der Waals surface area contributed by atoms with Crippen LogP contribution in [0.2, 0.25) is 0 Å². The van der Waals surface area contributed by atoms with Crippen molar-refractivity contribution in [3.8, 4) is 0 Å². The van der Waals surface area contributed by atoms with E-state index >= 15 is 0 Å². The standard InChI is InChI=1S/C57H110O6/c1-6-7-8-9-10-11-12-13-14-18-21-27-32-37-42-47-55(58)61-50-54(63-57(60)49-44-39-34-29-24-23-26-31-36-41-46-53(4)5)51-62-56(59)48-43-38-33-28-22-19-16-15-17-20-25-30-35-40-45-52(2)3/h52-54H,6-51H2,1-5H3/t54-/m0/s1. The summed E-state index contributed by atoms with van der Waals surface area (Å²) in [5, 5.41) is 0. The van der Waals surface area contributed by atoms with Crippen molar-refractivity contribution in [1.82, 2.24) is 0 Å². The maximum atomic E-state index is 12.8. The van der Waals surface area contributed by atoms with Crippen molar-refractivity contribution < 1.29 is 28.6 Å². The van der Waals surface area contributed by atoms with Gasteiger partial charge in [-0.15, -0.1) is 0 Å². The van der Waals surface area contributed by atoms with E-state index in [0.29, 0.717) is 19.3 Å². The van der Waals surface area contributed by atoms with Crippen LogP contribution in [-0.4, -0.2) is 37.2 Å². The molecule has 0 aliphatic carbocycles. The summed E-state index contributed by atoms with van der Waals surface area (Å²) in [4.78, 5) is 38.1. The first kappa shape index (κ1) is 61.4. The van der Waals surface area contributed by atoms with Crippen molar-refractivity contribution in [1.29, 1.82) is 0 Å². The second-order valence-electron chi connectivity index (χ2n) is 20.5. The van der Waals surface area contributed by atoms with E-state index in [9.17, 15) is 14.4 Å². The average Bonchev–Trinajstić information content (AvgIpc) is 3.25. The van der Waals surface area contributed by atoms with Gasteiger partial charge in [-0.05, 0) is 31.1 Å². The Labute approximate surface area is 393 Å². The molecule has 0 saturated heterocycles. The number of carbonyl (C=O) groups excluding carboxylic acids is 3. The van der Waals surface area contributed by atoms with Gasteiger partial charge in [0.25, 0.3) is 0 Å². The summed E-state index contributed by atoms with van der Waals surface area (Å²) >= 11 is 0. The smallest absolute Gasteiger partial charge is 0.306 e. The molecular weight excluding hydrogens is 781 g/mol. The van der Waals surface area contributed by atoms with Crippen molar-refractivity contribution >= 4 is 17.9 Å². The predicted molar refractivity (Wildman–Crippen MR) is 270 cm³/mol. The van der Waals surface area contributed by atoms with Crippen molar-refractivity contribution in [2.75, 3.05) is 13.2 Å². The van der Waals surface area contributed by atoms with E-state index in [1.54, 1.807) is 0 Å². The highest BCUT2D eigenvalue weighted by atomic mass is 16.6. The first-order valence-electron chi connectivity index (χ1n) is 28.2. The Kier molecular flexibility index (Phi) is 48.6. The molecule has 0 amide bonds. The molecule has 6 heteroatoms. The molecule has 0 N–H and O–H groups in total. The quantitative estimate of drug-likeness (QED) is 0.0344. The molecule has 0 aliphatic rings. The van der Waals surface area contributed by atoms with E-state index in [-0.39, 0.29) is 31.1 Å². The van der Waals surface area contributed by atoms with Crippen molar-refractivity contribution in [2.45, 2.75) is 323 Å². The number of esters is 3. The number of rotatable bonds is 51. The number of carbonyl (C=O) groups is 3. The zero-order valence-corrected chi connectivity index (χ0v) is 43.2. The third-order valence-corrected chi connectivity index (χ3v) is 13.0. The van der Waals surface area contributed by atoms with Gasteiger partial charge in [0.15, 0.2) is 6.10 Å². The van der Waals surface area contributed by atoms with Gasteiger partial charge in [-0.2, -0.15) is 0 Å².